The van der Waals surface area contributed by atoms with E-state index in [0.29, 0.717) is 25.7 Å². The van der Waals surface area contributed by atoms with Crippen LogP contribution in [0.4, 0.5) is 30.7 Å². The predicted octanol–water partition coefficient (Wildman–Crippen LogP) is 4.23. The Hall–Kier alpha value is -1.55. The molecule has 0 radical (unpaired) electrons. The van der Waals surface area contributed by atoms with Gasteiger partial charge in [-0.1, -0.05) is 19.8 Å². The molecule has 0 unspecified atom stereocenters. The van der Waals surface area contributed by atoms with Gasteiger partial charge in [0, 0.05) is 12.5 Å². The minimum absolute atomic E-state index is 0.0634. The van der Waals surface area contributed by atoms with Gasteiger partial charge in [0.2, 0.25) is 0 Å². The molecule has 1 amide bonds. The maximum atomic E-state index is 13.5. The van der Waals surface area contributed by atoms with Gasteiger partial charge in [-0.2, -0.15) is 30.7 Å². The van der Waals surface area contributed by atoms with Gasteiger partial charge < -0.3 is 10.1 Å². The molecule has 0 bridgehead atoms. The molecule has 1 saturated carbocycles. The molecule has 0 saturated heterocycles. The lowest BCUT2D eigenvalue weighted by atomic mass is 9.81. The number of halogens is 7. The molecular formula is C16H22F7NO3. The van der Waals surface area contributed by atoms with Crippen molar-refractivity contribution in [1.82, 2.24) is 5.32 Å². The number of esters is 1. The number of rotatable bonds is 8. The van der Waals surface area contributed by atoms with Crippen molar-refractivity contribution in [3.05, 3.63) is 0 Å². The zero-order valence-electron chi connectivity index (χ0n) is 14.7. The molecule has 11 heteroatoms. The first-order valence-electron chi connectivity index (χ1n) is 8.63. The van der Waals surface area contributed by atoms with E-state index >= 15 is 0 Å². The molecule has 0 aliphatic heterocycles. The number of alkyl halides is 7. The minimum atomic E-state index is -6.57. The molecule has 0 spiro atoms. The van der Waals surface area contributed by atoms with Gasteiger partial charge in [0.15, 0.2) is 0 Å². The first-order valence-corrected chi connectivity index (χ1v) is 8.63. The number of ether oxygens (including phenoxy) is 1. The molecule has 1 aliphatic rings. The lowest BCUT2D eigenvalue weighted by Gasteiger charge is -2.34. The van der Waals surface area contributed by atoms with E-state index < -0.39 is 41.9 Å². The maximum Gasteiger partial charge on any atom is 0.460 e. The standard InChI is InChI=1S/C16H22F7NO3/c1-2-9-27-12(25)8-7-10-5-3-4-6-11(10)24-13(26)14(17,18)15(19,20)16(21,22)23/h10-11H,2-9H2,1H3,(H,24,26)/t10-,11+/m0/s1. The lowest BCUT2D eigenvalue weighted by Crippen LogP contribution is -2.61. The van der Waals surface area contributed by atoms with E-state index in [4.69, 9.17) is 4.74 Å². The van der Waals surface area contributed by atoms with Crippen LogP contribution >= 0.6 is 0 Å². The van der Waals surface area contributed by atoms with Crippen LogP contribution in [0.25, 0.3) is 0 Å². The van der Waals surface area contributed by atoms with Crippen molar-refractivity contribution in [2.24, 2.45) is 5.92 Å². The largest absolute Gasteiger partial charge is 0.466 e. The van der Waals surface area contributed by atoms with Crippen LogP contribution in [-0.4, -0.2) is 42.5 Å². The number of carbonyl (C=O) groups is 2. The number of amides is 1. The van der Waals surface area contributed by atoms with Crippen LogP contribution in [0.2, 0.25) is 0 Å². The Kier molecular flexibility index (Phi) is 7.91. The molecule has 1 aliphatic carbocycles. The molecule has 27 heavy (non-hydrogen) atoms. The van der Waals surface area contributed by atoms with Crippen molar-refractivity contribution >= 4 is 11.9 Å². The first kappa shape index (κ1) is 23.5. The second-order valence-corrected chi connectivity index (χ2v) is 6.53. The SMILES string of the molecule is CCCOC(=O)CC[C@@H]1CCCC[C@H]1NC(=O)C(F)(F)C(F)(F)C(F)(F)F. The fraction of sp³-hybridized carbons (Fsp3) is 0.875. The molecule has 0 aromatic heterocycles. The van der Waals surface area contributed by atoms with Crippen molar-refractivity contribution < 1.29 is 45.1 Å². The van der Waals surface area contributed by atoms with Crippen molar-refractivity contribution in [1.29, 1.82) is 0 Å². The van der Waals surface area contributed by atoms with Gasteiger partial charge >= 0.3 is 24.0 Å². The van der Waals surface area contributed by atoms with Crippen LogP contribution in [0.3, 0.4) is 0 Å². The fourth-order valence-electron chi connectivity index (χ4n) is 2.91. The van der Waals surface area contributed by atoms with Crippen molar-refractivity contribution in [2.45, 2.75) is 75.9 Å². The molecule has 0 aromatic rings. The summed E-state index contributed by atoms with van der Waals surface area (Å²) in [4.78, 5) is 23.0. The highest BCUT2D eigenvalue weighted by molar-refractivity contribution is 5.85. The molecular weight excluding hydrogens is 387 g/mol. The highest BCUT2D eigenvalue weighted by atomic mass is 19.4. The van der Waals surface area contributed by atoms with Gasteiger partial charge in [-0.3, -0.25) is 9.59 Å². The summed E-state index contributed by atoms with van der Waals surface area (Å²) in [5.41, 5.74) is 0. The van der Waals surface area contributed by atoms with E-state index in [-0.39, 0.29) is 25.9 Å². The Morgan fingerprint density at radius 3 is 2.19 bits per heavy atom. The number of hydrogen-bond acceptors (Lipinski definition) is 3. The van der Waals surface area contributed by atoms with E-state index in [1.54, 1.807) is 12.2 Å². The zero-order chi connectivity index (χ0) is 20.9. The van der Waals surface area contributed by atoms with Gasteiger partial charge in [-0.15, -0.1) is 0 Å². The van der Waals surface area contributed by atoms with Gasteiger partial charge in [0.1, 0.15) is 0 Å². The highest BCUT2D eigenvalue weighted by Gasteiger charge is 2.76. The first-order chi connectivity index (χ1) is 12.3. The summed E-state index contributed by atoms with van der Waals surface area (Å²) < 4.78 is 94.4. The molecule has 4 nitrogen and oxygen atoms in total. The van der Waals surface area contributed by atoms with Crippen LogP contribution in [0.15, 0.2) is 0 Å². The summed E-state index contributed by atoms with van der Waals surface area (Å²) in [5.74, 6) is -16.1. The lowest BCUT2D eigenvalue weighted by molar-refractivity contribution is -0.344. The Morgan fingerprint density at radius 1 is 1.04 bits per heavy atom. The Labute approximate surface area is 151 Å². The van der Waals surface area contributed by atoms with Crippen LogP contribution in [0, 0.1) is 5.92 Å². The summed E-state index contributed by atoms with van der Waals surface area (Å²) >= 11 is 0. The quantitative estimate of drug-likeness (QED) is 0.482. The Bertz CT molecular complexity index is 523. The number of hydrogen-bond donors (Lipinski definition) is 1. The summed E-state index contributed by atoms with van der Waals surface area (Å²) in [6.45, 7) is 2.00. The average Bonchev–Trinajstić information content (AvgIpc) is 2.57. The van der Waals surface area contributed by atoms with Gasteiger partial charge in [-0.05, 0) is 31.6 Å². The molecule has 0 heterocycles. The molecule has 1 N–H and O–H groups in total. The summed E-state index contributed by atoms with van der Waals surface area (Å²) in [6, 6.07) is -1.01. The average molecular weight is 409 g/mol. The van der Waals surface area contributed by atoms with Crippen LogP contribution in [-0.2, 0) is 14.3 Å². The third kappa shape index (κ3) is 5.71. The summed E-state index contributed by atoms with van der Waals surface area (Å²) in [5, 5.41) is 1.63. The second kappa shape index (κ2) is 9.09. The molecule has 1 fully saturated rings. The maximum absolute atomic E-state index is 13.5. The van der Waals surface area contributed by atoms with E-state index in [9.17, 15) is 40.3 Å². The Morgan fingerprint density at radius 2 is 1.63 bits per heavy atom. The van der Waals surface area contributed by atoms with Crippen LogP contribution < -0.4 is 5.32 Å². The van der Waals surface area contributed by atoms with E-state index in [1.165, 1.54) is 0 Å². The molecule has 0 aromatic carbocycles. The topological polar surface area (TPSA) is 55.4 Å². The van der Waals surface area contributed by atoms with Crippen molar-refractivity contribution in [2.75, 3.05) is 6.61 Å². The van der Waals surface area contributed by atoms with E-state index in [0.717, 1.165) is 0 Å². The summed E-state index contributed by atoms with van der Waals surface area (Å²) in [6.07, 6.45) is -4.15. The van der Waals surface area contributed by atoms with Gasteiger partial charge in [-0.25, -0.2) is 0 Å². The third-order valence-corrected chi connectivity index (χ3v) is 4.45. The number of nitrogens with one attached hydrogen (secondary N) is 1. The van der Waals surface area contributed by atoms with Crippen molar-refractivity contribution in [3.8, 4) is 0 Å². The fourth-order valence-corrected chi connectivity index (χ4v) is 2.91. The van der Waals surface area contributed by atoms with Crippen molar-refractivity contribution in [3.63, 3.8) is 0 Å². The Balaban J connectivity index is 2.75. The highest BCUT2D eigenvalue weighted by Crippen LogP contribution is 2.46. The zero-order valence-corrected chi connectivity index (χ0v) is 14.7. The van der Waals surface area contributed by atoms with Crippen LogP contribution in [0.5, 0.6) is 0 Å². The second-order valence-electron chi connectivity index (χ2n) is 6.53. The summed E-state index contributed by atoms with van der Waals surface area (Å²) in [7, 11) is 0. The van der Waals surface area contributed by atoms with Crippen LogP contribution in [0.1, 0.15) is 51.9 Å². The smallest absolute Gasteiger partial charge is 0.460 e. The van der Waals surface area contributed by atoms with E-state index in [2.05, 4.69) is 0 Å². The normalized spacial score (nSPS) is 21.6. The predicted molar refractivity (Wildman–Crippen MR) is 80.3 cm³/mol. The molecule has 2 atom stereocenters. The minimum Gasteiger partial charge on any atom is -0.466 e. The van der Waals surface area contributed by atoms with Gasteiger partial charge in [0.25, 0.3) is 5.91 Å². The van der Waals surface area contributed by atoms with Gasteiger partial charge in [0.05, 0.1) is 6.61 Å². The van der Waals surface area contributed by atoms with E-state index in [1.807, 2.05) is 0 Å². The monoisotopic (exact) mass is 409 g/mol. The molecule has 158 valence electrons. The molecule has 1 rings (SSSR count). The third-order valence-electron chi connectivity index (χ3n) is 4.45. The number of carbonyl (C=O) groups excluding carboxylic acids is 2.